The van der Waals surface area contributed by atoms with Crippen molar-refractivity contribution in [2.45, 2.75) is 57.4 Å². The molecule has 1 heterocycles. The van der Waals surface area contributed by atoms with Crippen LogP contribution in [0.1, 0.15) is 61.7 Å². The van der Waals surface area contributed by atoms with E-state index in [4.69, 9.17) is 4.74 Å². The van der Waals surface area contributed by atoms with Crippen molar-refractivity contribution in [3.63, 3.8) is 0 Å². The Morgan fingerprint density at radius 1 is 0.964 bits per heavy atom. The molecule has 0 atom stereocenters. The fourth-order valence-electron chi connectivity index (χ4n) is 4.45. The molecule has 1 saturated carbocycles. The predicted octanol–water partition coefficient (Wildman–Crippen LogP) is 4.77. The van der Waals surface area contributed by atoms with E-state index in [0.29, 0.717) is 6.04 Å². The molecule has 1 aliphatic heterocycles. The van der Waals surface area contributed by atoms with Crippen LogP contribution in [0.15, 0.2) is 36.4 Å². The molecule has 4 rings (SSSR count). The Morgan fingerprint density at radius 3 is 2.54 bits per heavy atom. The molecule has 2 aliphatic rings. The summed E-state index contributed by atoms with van der Waals surface area (Å²) in [4.78, 5) is 15.0. The van der Waals surface area contributed by atoms with Crippen molar-refractivity contribution in [2.75, 3.05) is 26.2 Å². The number of nitrogens with one attached hydrogen (secondary N) is 1. The maximum atomic E-state index is 12.5. The summed E-state index contributed by atoms with van der Waals surface area (Å²) in [6.07, 6.45) is 9.80. The number of rotatable bonds is 7. The van der Waals surface area contributed by atoms with E-state index in [-0.39, 0.29) is 5.91 Å². The molecule has 0 unspecified atom stereocenters. The number of carbonyl (C=O) groups excluding carboxylic acids is 1. The van der Waals surface area contributed by atoms with Crippen molar-refractivity contribution in [3.8, 4) is 5.75 Å². The molecule has 28 heavy (non-hydrogen) atoms. The number of amides is 1. The predicted molar refractivity (Wildman–Crippen MR) is 114 cm³/mol. The van der Waals surface area contributed by atoms with E-state index >= 15 is 0 Å². The quantitative estimate of drug-likeness (QED) is 0.704. The van der Waals surface area contributed by atoms with E-state index in [1.165, 1.54) is 45.2 Å². The summed E-state index contributed by atoms with van der Waals surface area (Å²) >= 11 is 0. The second-order valence-corrected chi connectivity index (χ2v) is 8.28. The first kappa shape index (κ1) is 19.3. The lowest BCUT2D eigenvalue weighted by Gasteiger charge is -2.26. The Bertz CT molecular complexity index is 792. The molecule has 0 spiro atoms. The van der Waals surface area contributed by atoms with Crippen LogP contribution in [0.2, 0.25) is 0 Å². The Labute approximate surface area is 168 Å². The largest absolute Gasteiger partial charge is 0.494 e. The minimum atomic E-state index is 0.0480. The maximum absolute atomic E-state index is 12.5. The molecular weight excluding hydrogens is 348 g/mol. The second kappa shape index (κ2) is 9.42. The number of likely N-dealkylation sites (tertiary alicyclic amines) is 1. The van der Waals surface area contributed by atoms with Gasteiger partial charge in [0.2, 0.25) is 0 Å². The van der Waals surface area contributed by atoms with Crippen LogP contribution in [-0.4, -0.2) is 43.1 Å². The van der Waals surface area contributed by atoms with Crippen molar-refractivity contribution in [1.82, 2.24) is 10.2 Å². The number of fused-ring (bicyclic) bond motifs is 1. The monoisotopic (exact) mass is 380 g/mol. The highest BCUT2D eigenvalue weighted by atomic mass is 16.5. The molecule has 1 saturated heterocycles. The number of ether oxygens (including phenoxy) is 1. The summed E-state index contributed by atoms with van der Waals surface area (Å²) in [5, 5.41) is 5.36. The number of piperidine rings is 1. The number of benzene rings is 2. The summed E-state index contributed by atoms with van der Waals surface area (Å²) in [7, 11) is 0. The Kier molecular flexibility index (Phi) is 6.48. The average Bonchev–Trinajstić information content (AvgIpc) is 3.24. The molecule has 2 aromatic carbocycles. The van der Waals surface area contributed by atoms with Crippen LogP contribution in [0, 0.1) is 0 Å². The van der Waals surface area contributed by atoms with E-state index in [1.54, 1.807) is 0 Å². The molecule has 0 radical (unpaired) electrons. The zero-order chi connectivity index (χ0) is 19.2. The first-order chi connectivity index (χ1) is 13.8. The van der Waals surface area contributed by atoms with Crippen LogP contribution in [0.3, 0.4) is 0 Å². The third-order valence-corrected chi connectivity index (χ3v) is 6.10. The van der Waals surface area contributed by atoms with E-state index in [1.807, 2.05) is 24.3 Å². The van der Waals surface area contributed by atoms with Crippen LogP contribution in [0.25, 0.3) is 10.8 Å². The van der Waals surface area contributed by atoms with Gasteiger partial charge in [-0.25, -0.2) is 0 Å². The van der Waals surface area contributed by atoms with Gasteiger partial charge in [0.25, 0.3) is 5.91 Å². The summed E-state index contributed by atoms with van der Waals surface area (Å²) in [5.41, 5.74) is 0.745. The highest BCUT2D eigenvalue weighted by molar-refractivity contribution is 5.99. The van der Waals surface area contributed by atoms with E-state index in [9.17, 15) is 4.79 Å². The van der Waals surface area contributed by atoms with Crippen molar-refractivity contribution in [3.05, 3.63) is 42.0 Å². The van der Waals surface area contributed by atoms with Gasteiger partial charge in [0.05, 0.1) is 6.61 Å². The zero-order valence-electron chi connectivity index (χ0n) is 16.8. The van der Waals surface area contributed by atoms with Gasteiger partial charge in [0.1, 0.15) is 5.75 Å². The minimum Gasteiger partial charge on any atom is -0.494 e. The van der Waals surface area contributed by atoms with Gasteiger partial charge in [-0.3, -0.25) is 4.79 Å². The Hall–Kier alpha value is -2.07. The van der Waals surface area contributed by atoms with E-state index < -0.39 is 0 Å². The van der Waals surface area contributed by atoms with Crippen LogP contribution in [0.5, 0.6) is 5.75 Å². The van der Waals surface area contributed by atoms with Gasteiger partial charge in [-0.15, -0.1) is 0 Å². The van der Waals surface area contributed by atoms with Gasteiger partial charge in [0, 0.05) is 18.2 Å². The summed E-state index contributed by atoms with van der Waals surface area (Å²) in [6, 6.07) is 12.4. The second-order valence-electron chi connectivity index (χ2n) is 8.28. The standard InChI is InChI=1S/C24H32N2O2/c27-24(25-22-7-2-3-8-22)21-10-9-20-18-23(12-11-19(20)17-21)28-16-6-15-26-13-4-1-5-14-26/h9-12,17-18,22H,1-8,13-16H2,(H,25,27). The molecular formula is C24H32N2O2. The van der Waals surface area contributed by atoms with Gasteiger partial charge in [-0.2, -0.15) is 0 Å². The van der Waals surface area contributed by atoms with Gasteiger partial charge in [0.15, 0.2) is 0 Å². The molecule has 0 bridgehead atoms. The highest BCUT2D eigenvalue weighted by Crippen LogP contribution is 2.23. The molecule has 150 valence electrons. The SMILES string of the molecule is O=C(NC1CCCC1)c1ccc2cc(OCCCN3CCCCC3)ccc2c1. The fraction of sp³-hybridized carbons (Fsp3) is 0.542. The van der Waals surface area contributed by atoms with Crippen LogP contribution in [-0.2, 0) is 0 Å². The first-order valence-corrected chi connectivity index (χ1v) is 11.0. The van der Waals surface area contributed by atoms with Crippen LogP contribution in [0.4, 0.5) is 0 Å². The molecule has 1 amide bonds. The molecule has 2 aromatic rings. The topological polar surface area (TPSA) is 41.6 Å². The molecule has 1 N–H and O–H groups in total. The zero-order valence-corrected chi connectivity index (χ0v) is 16.8. The van der Waals surface area contributed by atoms with Crippen molar-refractivity contribution in [2.24, 2.45) is 0 Å². The average molecular weight is 381 g/mol. The molecule has 2 fully saturated rings. The Balaban J connectivity index is 1.30. The summed E-state index contributed by atoms with van der Waals surface area (Å²) < 4.78 is 5.97. The molecule has 0 aromatic heterocycles. The van der Waals surface area contributed by atoms with Crippen molar-refractivity contribution < 1.29 is 9.53 Å². The molecule has 4 heteroatoms. The Morgan fingerprint density at radius 2 is 1.71 bits per heavy atom. The van der Waals surface area contributed by atoms with Crippen molar-refractivity contribution in [1.29, 1.82) is 0 Å². The maximum Gasteiger partial charge on any atom is 0.251 e. The smallest absolute Gasteiger partial charge is 0.251 e. The lowest BCUT2D eigenvalue weighted by molar-refractivity contribution is 0.0938. The van der Waals surface area contributed by atoms with Gasteiger partial charge < -0.3 is 15.0 Å². The highest BCUT2D eigenvalue weighted by Gasteiger charge is 2.18. The lowest BCUT2D eigenvalue weighted by atomic mass is 10.1. The third kappa shape index (κ3) is 5.05. The first-order valence-electron chi connectivity index (χ1n) is 11.0. The van der Waals surface area contributed by atoms with Gasteiger partial charge in [-0.05, 0) is 80.2 Å². The third-order valence-electron chi connectivity index (χ3n) is 6.10. The number of hydrogen-bond acceptors (Lipinski definition) is 3. The molecule has 1 aliphatic carbocycles. The summed E-state index contributed by atoms with van der Waals surface area (Å²) in [6.45, 7) is 4.37. The number of nitrogens with zero attached hydrogens (tertiary/aromatic N) is 1. The van der Waals surface area contributed by atoms with Gasteiger partial charge in [-0.1, -0.05) is 31.4 Å². The normalized spacial score (nSPS) is 18.4. The van der Waals surface area contributed by atoms with Crippen LogP contribution < -0.4 is 10.1 Å². The fourth-order valence-corrected chi connectivity index (χ4v) is 4.45. The van der Waals surface area contributed by atoms with E-state index in [2.05, 4.69) is 22.3 Å². The lowest BCUT2D eigenvalue weighted by Crippen LogP contribution is -2.32. The summed E-state index contributed by atoms with van der Waals surface area (Å²) in [5.74, 6) is 0.959. The molecule has 4 nitrogen and oxygen atoms in total. The number of hydrogen-bond donors (Lipinski definition) is 1. The minimum absolute atomic E-state index is 0.0480. The van der Waals surface area contributed by atoms with E-state index in [0.717, 1.165) is 54.5 Å². The van der Waals surface area contributed by atoms with Crippen LogP contribution >= 0.6 is 0 Å². The number of carbonyl (C=O) groups is 1. The van der Waals surface area contributed by atoms with Crippen molar-refractivity contribution >= 4 is 16.7 Å². The van der Waals surface area contributed by atoms with Gasteiger partial charge >= 0.3 is 0 Å².